The smallest absolute Gasteiger partial charge is 0.416 e. The third kappa shape index (κ3) is 2.30. The SMILES string of the molecule is COc1cccc2c1C(=O)OC2c1cccc(C(F)(F)F)c1. The molecule has 0 saturated carbocycles. The van der Waals surface area contributed by atoms with Crippen molar-refractivity contribution in [1.29, 1.82) is 0 Å². The molecule has 0 radical (unpaired) electrons. The predicted octanol–water partition coefficient (Wildman–Crippen LogP) is 3.97. The van der Waals surface area contributed by atoms with Gasteiger partial charge in [0, 0.05) is 5.56 Å². The Labute approximate surface area is 124 Å². The van der Waals surface area contributed by atoms with Crippen molar-refractivity contribution in [1.82, 2.24) is 0 Å². The Balaban J connectivity index is 2.08. The van der Waals surface area contributed by atoms with Crippen LogP contribution in [-0.2, 0) is 10.9 Å². The summed E-state index contributed by atoms with van der Waals surface area (Å²) in [5, 5.41) is 0. The summed E-state index contributed by atoms with van der Waals surface area (Å²) in [6, 6.07) is 9.69. The van der Waals surface area contributed by atoms with Gasteiger partial charge in [-0.15, -0.1) is 0 Å². The van der Waals surface area contributed by atoms with E-state index in [4.69, 9.17) is 9.47 Å². The molecule has 0 bridgehead atoms. The highest BCUT2D eigenvalue weighted by Crippen LogP contribution is 2.41. The summed E-state index contributed by atoms with van der Waals surface area (Å²) in [4.78, 5) is 12.0. The Bertz CT molecular complexity index is 738. The fourth-order valence-corrected chi connectivity index (χ4v) is 2.51. The molecule has 0 N–H and O–H groups in total. The number of methoxy groups -OCH3 is 1. The van der Waals surface area contributed by atoms with E-state index in [-0.39, 0.29) is 11.1 Å². The monoisotopic (exact) mass is 308 g/mol. The third-order valence-corrected chi connectivity index (χ3v) is 3.51. The van der Waals surface area contributed by atoms with Crippen molar-refractivity contribution in [2.45, 2.75) is 12.3 Å². The molecular formula is C16H11F3O3. The fourth-order valence-electron chi connectivity index (χ4n) is 2.51. The average molecular weight is 308 g/mol. The predicted molar refractivity (Wildman–Crippen MR) is 71.7 cm³/mol. The van der Waals surface area contributed by atoms with Crippen LogP contribution in [0.5, 0.6) is 5.75 Å². The van der Waals surface area contributed by atoms with Gasteiger partial charge in [-0.2, -0.15) is 13.2 Å². The van der Waals surface area contributed by atoms with Crippen molar-refractivity contribution in [3.8, 4) is 5.75 Å². The topological polar surface area (TPSA) is 35.5 Å². The van der Waals surface area contributed by atoms with Crippen LogP contribution in [0.1, 0.15) is 33.2 Å². The summed E-state index contributed by atoms with van der Waals surface area (Å²) in [7, 11) is 1.42. The zero-order chi connectivity index (χ0) is 15.9. The molecule has 22 heavy (non-hydrogen) atoms. The van der Waals surface area contributed by atoms with Gasteiger partial charge in [-0.25, -0.2) is 4.79 Å². The van der Waals surface area contributed by atoms with Crippen LogP contribution in [0.2, 0.25) is 0 Å². The molecule has 0 saturated heterocycles. The second-order valence-electron chi connectivity index (χ2n) is 4.83. The molecule has 1 heterocycles. The van der Waals surface area contributed by atoms with Crippen LogP contribution in [0.4, 0.5) is 13.2 Å². The Morgan fingerprint density at radius 3 is 2.55 bits per heavy atom. The number of ether oxygens (including phenoxy) is 2. The van der Waals surface area contributed by atoms with Gasteiger partial charge in [0.2, 0.25) is 0 Å². The molecule has 2 aromatic rings. The number of carbonyl (C=O) groups is 1. The number of hydrogen-bond acceptors (Lipinski definition) is 3. The Hall–Kier alpha value is -2.50. The molecule has 2 aromatic carbocycles. The summed E-state index contributed by atoms with van der Waals surface area (Å²) < 4.78 is 48.8. The first kappa shape index (κ1) is 14.4. The van der Waals surface area contributed by atoms with Gasteiger partial charge in [0.15, 0.2) is 6.10 Å². The lowest BCUT2D eigenvalue weighted by Gasteiger charge is -2.14. The number of hydrogen-bond donors (Lipinski definition) is 0. The van der Waals surface area contributed by atoms with Crippen LogP contribution in [0.3, 0.4) is 0 Å². The van der Waals surface area contributed by atoms with E-state index in [1.165, 1.54) is 19.2 Å². The Kier molecular flexibility index (Phi) is 3.31. The molecule has 3 nitrogen and oxygen atoms in total. The van der Waals surface area contributed by atoms with Crippen LogP contribution in [0.15, 0.2) is 42.5 Å². The van der Waals surface area contributed by atoms with Crippen LogP contribution in [0, 0.1) is 0 Å². The first-order valence-corrected chi connectivity index (χ1v) is 6.47. The van der Waals surface area contributed by atoms with E-state index in [0.29, 0.717) is 11.3 Å². The maximum atomic E-state index is 12.8. The van der Waals surface area contributed by atoms with Gasteiger partial charge in [-0.3, -0.25) is 0 Å². The second-order valence-corrected chi connectivity index (χ2v) is 4.83. The number of halogens is 3. The molecule has 6 heteroatoms. The van der Waals surface area contributed by atoms with Crippen molar-refractivity contribution < 1.29 is 27.4 Å². The number of cyclic esters (lactones) is 1. The standard InChI is InChI=1S/C16H11F3O3/c1-21-12-7-3-6-11-13(12)15(20)22-14(11)9-4-2-5-10(8-9)16(17,18)19/h2-8,14H,1H3. The van der Waals surface area contributed by atoms with E-state index < -0.39 is 23.8 Å². The molecule has 1 aliphatic rings. The summed E-state index contributed by atoms with van der Waals surface area (Å²) in [6.07, 6.45) is -5.31. The molecule has 0 amide bonds. The van der Waals surface area contributed by atoms with Gasteiger partial charge in [0.05, 0.1) is 12.7 Å². The Morgan fingerprint density at radius 2 is 1.86 bits per heavy atom. The normalized spacial score (nSPS) is 17.1. The van der Waals surface area contributed by atoms with Crippen molar-refractivity contribution in [3.05, 3.63) is 64.7 Å². The van der Waals surface area contributed by atoms with E-state index in [1.54, 1.807) is 18.2 Å². The van der Waals surface area contributed by atoms with Gasteiger partial charge in [-0.05, 0) is 23.8 Å². The van der Waals surface area contributed by atoms with Gasteiger partial charge >= 0.3 is 12.1 Å². The molecule has 114 valence electrons. The molecule has 0 aromatic heterocycles. The van der Waals surface area contributed by atoms with E-state index in [0.717, 1.165) is 12.1 Å². The minimum Gasteiger partial charge on any atom is -0.496 e. The quantitative estimate of drug-likeness (QED) is 0.787. The molecule has 0 fully saturated rings. The first-order valence-electron chi connectivity index (χ1n) is 6.47. The van der Waals surface area contributed by atoms with Crippen molar-refractivity contribution >= 4 is 5.97 Å². The third-order valence-electron chi connectivity index (χ3n) is 3.51. The molecule has 0 aliphatic carbocycles. The van der Waals surface area contributed by atoms with Crippen molar-refractivity contribution in [3.63, 3.8) is 0 Å². The van der Waals surface area contributed by atoms with Gasteiger partial charge in [0.1, 0.15) is 11.3 Å². The first-order chi connectivity index (χ1) is 10.4. The minimum absolute atomic E-state index is 0.257. The molecule has 3 rings (SSSR count). The van der Waals surface area contributed by atoms with Gasteiger partial charge in [0.25, 0.3) is 0 Å². The van der Waals surface area contributed by atoms with Gasteiger partial charge < -0.3 is 9.47 Å². The van der Waals surface area contributed by atoms with Crippen LogP contribution in [0.25, 0.3) is 0 Å². The number of rotatable bonds is 2. The van der Waals surface area contributed by atoms with Crippen LogP contribution < -0.4 is 4.74 Å². The number of fused-ring (bicyclic) bond motifs is 1. The van der Waals surface area contributed by atoms with Crippen LogP contribution >= 0.6 is 0 Å². The summed E-state index contributed by atoms with van der Waals surface area (Å²) in [6.45, 7) is 0. The van der Waals surface area contributed by atoms with E-state index in [1.807, 2.05) is 0 Å². The summed E-state index contributed by atoms with van der Waals surface area (Å²) >= 11 is 0. The lowest BCUT2D eigenvalue weighted by Crippen LogP contribution is -2.07. The Morgan fingerprint density at radius 1 is 1.14 bits per heavy atom. The van der Waals surface area contributed by atoms with E-state index >= 15 is 0 Å². The number of esters is 1. The second kappa shape index (κ2) is 5.05. The summed E-state index contributed by atoms with van der Waals surface area (Å²) in [5.74, 6) is -0.258. The minimum atomic E-state index is -4.45. The largest absolute Gasteiger partial charge is 0.496 e. The lowest BCUT2D eigenvalue weighted by atomic mass is 9.97. The molecule has 1 atom stereocenters. The zero-order valence-electron chi connectivity index (χ0n) is 11.5. The molecular weight excluding hydrogens is 297 g/mol. The van der Waals surface area contributed by atoms with Crippen molar-refractivity contribution in [2.75, 3.05) is 7.11 Å². The highest BCUT2D eigenvalue weighted by atomic mass is 19.4. The fraction of sp³-hybridized carbons (Fsp3) is 0.188. The zero-order valence-corrected chi connectivity index (χ0v) is 11.5. The van der Waals surface area contributed by atoms with Crippen LogP contribution in [-0.4, -0.2) is 13.1 Å². The molecule has 1 aliphatic heterocycles. The molecule has 1 unspecified atom stereocenters. The average Bonchev–Trinajstić information content (AvgIpc) is 2.84. The number of carbonyl (C=O) groups excluding carboxylic acids is 1. The maximum Gasteiger partial charge on any atom is 0.416 e. The number of benzene rings is 2. The van der Waals surface area contributed by atoms with E-state index in [9.17, 15) is 18.0 Å². The highest BCUT2D eigenvalue weighted by Gasteiger charge is 2.37. The van der Waals surface area contributed by atoms with Crippen molar-refractivity contribution in [2.24, 2.45) is 0 Å². The van der Waals surface area contributed by atoms with E-state index in [2.05, 4.69) is 0 Å². The maximum absolute atomic E-state index is 12.8. The number of alkyl halides is 3. The van der Waals surface area contributed by atoms with Gasteiger partial charge in [-0.1, -0.05) is 24.3 Å². The highest BCUT2D eigenvalue weighted by molar-refractivity contribution is 5.97. The lowest BCUT2D eigenvalue weighted by molar-refractivity contribution is -0.137. The molecule has 0 spiro atoms. The summed E-state index contributed by atoms with van der Waals surface area (Å²) in [5.41, 5.74) is 0.253.